The summed E-state index contributed by atoms with van der Waals surface area (Å²) in [6.45, 7) is 3.46. The second kappa shape index (κ2) is 7.64. The van der Waals surface area contributed by atoms with Gasteiger partial charge in [-0.05, 0) is 23.3 Å². The van der Waals surface area contributed by atoms with Crippen LogP contribution < -0.4 is 5.32 Å². The normalized spacial score (nSPS) is 10.9. The molecule has 9 heteroatoms. The van der Waals surface area contributed by atoms with E-state index >= 15 is 0 Å². The van der Waals surface area contributed by atoms with Gasteiger partial charge in [0.25, 0.3) is 0 Å². The lowest BCUT2D eigenvalue weighted by atomic mass is 9.94. The van der Waals surface area contributed by atoms with E-state index in [1.54, 1.807) is 0 Å². The SMILES string of the molecule is C#CC(CC)(CC)NC(=O)CSc1nnnn1CC(=O)O. The molecule has 8 nitrogen and oxygen atoms in total. The van der Waals surface area contributed by atoms with Gasteiger partial charge in [0, 0.05) is 0 Å². The number of carbonyl (C=O) groups is 2. The monoisotopic (exact) mass is 311 g/mol. The Balaban J connectivity index is 2.60. The second-order valence-corrected chi connectivity index (χ2v) is 5.23. The number of tetrazole rings is 1. The van der Waals surface area contributed by atoms with Crippen molar-refractivity contribution in [3.63, 3.8) is 0 Å². The molecule has 114 valence electrons. The van der Waals surface area contributed by atoms with Gasteiger partial charge in [-0.3, -0.25) is 9.59 Å². The number of aromatic nitrogens is 4. The van der Waals surface area contributed by atoms with E-state index in [4.69, 9.17) is 11.5 Å². The lowest BCUT2D eigenvalue weighted by molar-refractivity contribution is -0.138. The number of hydrogen-bond donors (Lipinski definition) is 2. The molecule has 0 aliphatic rings. The predicted octanol–water partition coefficient (Wildman–Crippen LogP) is 0.158. The van der Waals surface area contributed by atoms with Crippen LogP contribution in [0.3, 0.4) is 0 Å². The Morgan fingerprint density at radius 1 is 1.48 bits per heavy atom. The van der Waals surface area contributed by atoms with Gasteiger partial charge >= 0.3 is 5.97 Å². The Bertz CT molecular complexity index is 547. The summed E-state index contributed by atoms with van der Waals surface area (Å²) in [6, 6.07) is 0. The minimum Gasteiger partial charge on any atom is -0.480 e. The van der Waals surface area contributed by atoms with Crippen molar-refractivity contribution in [3.05, 3.63) is 0 Å². The molecule has 0 bridgehead atoms. The van der Waals surface area contributed by atoms with E-state index in [9.17, 15) is 9.59 Å². The molecule has 0 radical (unpaired) electrons. The number of nitrogens with zero attached hydrogens (tertiary/aromatic N) is 4. The molecule has 0 saturated heterocycles. The quantitative estimate of drug-likeness (QED) is 0.519. The maximum Gasteiger partial charge on any atom is 0.325 e. The van der Waals surface area contributed by atoms with Crippen LogP contribution in [-0.2, 0) is 16.1 Å². The zero-order valence-electron chi connectivity index (χ0n) is 11.9. The highest BCUT2D eigenvalue weighted by Crippen LogP contribution is 2.16. The highest BCUT2D eigenvalue weighted by atomic mass is 32.2. The molecule has 1 aromatic rings. The molecule has 0 aliphatic heterocycles. The van der Waals surface area contributed by atoms with Crippen LogP contribution in [-0.4, -0.2) is 48.5 Å². The number of hydrogen-bond acceptors (Lipinski definition) is 6. The summed E-state index contributed by atoms with van der Waals surface area (Å²) in [4.78, 5) is 22.6. The van der Waals surface area contributed by atoms with Gasteiger partial charge < -0.3 is 10.4 Å². The van der Waals surface area contributed by atoms with Gasteiger partial charge in [0.05, 0.1) is 5.75 Å². The first-order valence-corrected chi connectivity index (χ1v) is 7.34. The van der Waals surface area contributed by atoms with E-state index in [2.05, 4.69) is 26.8 Å². The number of thioether (sulfide) groups is 1. The first-order chi connectivity index (χ1) is 9.96. The van der Waals surface area contributed by atoms with Gasteiger partial charge in [-0.1, -0.05) is 31.5 Å². The molecule has 0 saturated carbocycles. The third-order valence-electron chi connectivity index (χ3n) is 2.98. The Hall–Kier alpha value is -2.08. The van der Waals surface area contributed by atoms with Gasteiger partial charge in [0.2, 0.25) is 11.1 Å². The van der Waals surface area contributed by atoms with Crippen LogP contribution >= 0.6 is 11.8 Å². The Kier molecular flexibility index (Phi) is 6.17. The van der Waals surface area contributed by atoms with Gasteiger partial charge in [-0.2, -0.15) is 0 Å². The van der Waals surface area contributed by atoms with Gasteiger partial charge in [-0.15, -0.1) is 11.5 Å². The largest absolute Gasteiger partial charge is 0.480 e. The van der Waals surface area contributed by atoms with Crippen LogP contribution in [0.5, 0.6) is 0 Å². The number of rotatable bonds is 8. The van der Waals surface area contributed by atoms with Crippen LogP contribution in [0.25, 0.3) is 0 Å². The van der Waals surface area contributed by atoms with Crippen LogP contribution in [0, 0.1) is 12.3 Å². The molecule has 0 aliphatic carbocycles. The maximum absolute atomic E-state index is 11.9. The number of terminal acetylenes is 1. The fourth-order valence-corrected chi connectivity index (χ4v) is 2.30. The average Bonchev–Trinajstić information content (AvgIpc) is 2.89. The minimum absolute atomic E-state index is 0.0590. The molecule has 1 aromatic heterocycles. The van der Waals surface area contributed by atoms with Gasteiger partial charge in [-0.25, -0.2) is 4.68 Å². The number of aliphatic carboxylic acids is 1. The number of carbonyl (C=O) groups excluding carboxylic acids is 1. The fourth-order valence-electron chi connectivity index (χ4n) is 1.63. The highest BCUT2D eigenvalue weighted by molar-refractivity contribution is 7.99. The van der Waals surface area contributed by atoms with Crippen LogP contribution in [0.4, 0.5) is 0 Å². The molecular weight excluding hydrogens is 294 g/mol. The maximum atomic E-state index is 11.9. The molecule has 0 unspecified atom stereocenters. The molecular formula is C12H17N5O3S. The van der Waals surface area contributed by atoms with Crippen molar-refractivity contribution < 1.29 is 14.7 Å². The van der Waals surface area contributed by atoms with Crippen molar-refractivity contribution >= 4 is 23.6 Å². The molecule has 0 aromatic carbocycles. The summed E-state index contributed by atoms with van der Waals surface area (Å²) in [5.41, 5.74) is -0.648. The van der Waals surface area contributed by atoms with Gasteiger partial charge in [0.1, 0.15) is 12.1 Å². The van der Waals surface area contributed by atoms with E-state index in [-0.39, 0.29) is 23.4 Å². The molecule has 0 atom stereocenters. The second-order valence-electron chi connectivity index (χ2n) is 4.28. The molecule has 2 N–H and O–H groups in total. The molecule has 1 amide bonds. The van der Waals surface area contributed by atoms with E-state index in [0.717, 1.165) is 16.4 Å². The van der Waals surface area contributed by atoms with Crippen molar-refractivity contribution in [2.24, 2.45) is 0 Å². The lowest BCUT2D eigenvalue weighted by Crippen LogP contribution is -2.47. The van der Waals surface area contributed by atoms with Gasteiger partial charge in [0.15, 0.2) is 0 Å². The van der Waals surface area contributed by atoms with E-state index in [1.807, 2.05) is 13.8 Å². The topological polar surface area (TPSA) is 110 Å². The Morgan fingerprint density at radius 2 is 2.14 bits per heavy atom. The predicted molar refractivity (Wildman–Crippen MR) is 76.5 cm³/mol. The fraction of sp³-hybridized carbons (Fsp3) is 0.583. The van der Waals surface area contributed by atoms with E-state index in [0.29, 0.717) is 12.8 Å². The standard InChI is InChI=1S/C12H17N5O3S/c1-4-12(5-2,6-3)13-9(18)8-21-11-14-15-16-17(11)7-10(19)20/h1H,5-8H2,2-3H3,(H,13,18)(H,19,20). The van der Waals surface area contributed by atoms with Crippen molar-refractivity contribution in [1.82, 2.24) is 25.5 Å². The van der Waals surface area contributed by atoms with Crippen molar-refractivity contribution in [2.75, 3.05) is 5.75 Å². The molecule has 1 heterocycles. The summed E-state index contributed by atoms with van der Waals surface area (Å²) in [6.07, 6.45) is 6.74. The first-order valence-electron chi connectivity index (χ1n) is 6.36. The highest BCUT2D eigenvalue weighted by Gasteiger charge is 2.25. The number of nitrogens with one attached hydrogen (secondary N) is 1. The van der Waals surface area contributed by atoms with Crippen LogP contribution in [0.2, 0.25) is 0 Å². The smallest absolute Gasteiger partial charge is 0.325 e. The number of carboxylic acid groups (broad SMARTS) is 1. The van der Waals surface area contributed by atoms with Crippen molar-refractivity contribution in [3.8, 4) is 12.3 Å². The summed E-state index contributed by atoms with van der Waals surface area (Å²) < 4.78 is 1.12. The lowest BCUT2D eigenvalue weighted by Gasteiger charge is -2.26. The third-order valence-corrected chi connectivity index (χ3v) is 3.94. The van der Waals surface area contributed by atoms with E-state index in [1.165, 1.54) is 0 Å². The third kappa shape index (κ3) is 4.75. The Labute approximate surface area is 126 Å². The first kappa shape index (κ1) is 17.0. The summed E-state index contributed by atoms with van der Waals surface area (Å²) in [7, 11) is 0. The van der Waals surface area contributed by atoms with Crippen molar-refractivity contribution in [1.29, 1.82) is 0 Å². The zero-order chi connectivity index (χ0) is 15.9. The molecule has 0 spiro atoms. The van der Waals surface area contributed by atoms with Crippen LogP contribution in [0.15, 0.2) is 5.16 Å². The Morgan fingerprint density at radius 3 is 2.67 bits per heavy atom. The van der Waals surface area contributed by atoms with E-state index < -0.39 is 11.5 Å². The summed E-state index contributed by atoms with van der Waals surface area (Å²) in [5.74, 6) is 1.37. The molecule has 0 fully saturated rings. The number of carboxylic acids is 1. The summed E-state index contributed by atoms with van der Waals surface area (Å²) >= 11 is 1.06. The molecule has 21 heavy (non-hydrogen) atoms. The van der Waals surface area contributed by atoms with Crippen LogP contribution in [0.1, 0.15) is 26.7 Å². The minimum atomic E-state index is -1.06. The zero-order valence-corrected chi connectivity index (χ0v) is 12.7. The molecule has 1 rings (SSSR count). The van der Waals surface area contributed by atoms with Crippen molar-refractivity contribution in [2.45, 2.75) is 43.9 Å². The summed E-state index contributed by atoms with van der Waals surface area (Å²) in [5, 5.41) is 22.4. The number of amides is 1. The average molecular weight is 311 g/mol.